The summed E-state index contributed by atoms with van der Waals surface area (Å²) in [5.74, 6) is 0.924. The third-order valence-corrected chi connectivity index (χ3v) is 2.22. The molecule has 0 aliphatic carbocycles. The summed E-state index contributed by atoms with van der Waals surface area (Å²) in [7, 11) is 0. The molecule has 7 heteroatoms. The minimum absolute atomic E-state index is 0.0426. The molecule has 0 saturated carbocycles. The number of nitro groups is 1. The SMILES string of the molecule is Cc1cc(Oc2cncc(N)n2)ccc1[N+](=O)[O-]. The highest BCUT2D eigenvalue weighted by atomic mass is 16.6. The van der Waals surface area contributed by atoms with Crippen LogP contribution < -0.4 is 10.5 Å². The van der Waals surface area contributed by atoms with Crippen LogP contribution in [0, 0.1) is 17.0 Å². The summed E-state index contributed by atoms with van der Waals surface area (Å²) in [6.07, 6.45) is 2.81. The number of nitrogen functional groups attached to an aromatic ring is 1. The van der Waals surface area contributed by atoms with Crippen molar-refractivity contribution in [2.45, 2.75) is 6.92 Å². The van der Waals surface area contributed by atoms with Gasteiger partial charge in [0.2, 0.25) is 5.88 Å². The third kappa shape index (κ3) is 2.51. The smallest absolute Gasteiger partial charge is 0.272 e. The average Bonchev–Trinajstić information content (AvgIpc) is 2.28. The van der Waals surface area contributed by atoms with Crippen LogP contribution in [0.1, 0.15) is 5.56 Å². The summed E-state index contributed by atoms with van der Waals surface area (Å²) in [5.41, 5.74) is 6.01. The van der Waals surface area contributed by atoms with Crippen LogP contribution in [-0.2, 0) is 0 Å². The molecule has 0 unspecified atom stereocenters. The lowest BCUT2D eigenvalue weighted by molar-refractivity contribution is -0.385. The summed E-state index contributed by atoms with van der Waals surface area (Å²) in [4.78, 5) is 18.0. The summed E-state index contributed by atoms with van der Waals surface area (Å²) in [6, 6.07) is 4.43. The Kier molecular flexibility index (Phi) is 3.05. The monoisotopic (exact) mass is 246 g/mol. The van der Waals surface area contributed by atoms with Crippen molar-refractivity contribution in [2.24, 2.45) is 0 Å². The predicted molar refractivity (Wildman–Crippen MR) is 64.4 cm³/mol. The molecular formula is C11H10N4O3. The maximum absolute atomic E-state index is 10.7. The molecule has 92 valence electrons. The minimum Gasteiger partial charge on any atom is -0.437 e. The number of hydrogen-bond donors (Lipinski definition) is 1. The molecule has 2 rings (SSSR count). The first-order valence-electron chi connectivity index (χ1n) is 5.06. The molecule has 2 N–H and O–H groups in total. The Morgan fingerprint density at radius 2 is 2.17 bits per heavy atom. The average molecular weight is 246 g/mol. The van der Waals surface area contributed by atoms with Crippen molar-refractivity contribution < 1.29 is 9.66 Å². The van der Waals surface area contributed by atoms with Crippen molar-refractivity contribution >= 4 is 11.5 Å². The van der Waals surface area contributed by atoms with E-state index in [0.29, 0.717) is 11.3 Å². The number of benzene rings is 1. The Hall–Kier alpha value is -2.70. The van der Waals surface area contributed by atoms with Crippen molar-refractivity contribution in [1.29, 1.82) is 0 Å². The second kappa shape index (κ2) is 4.66. The lowest BCUT2D eigenvalue weighted by Gasteiger charge is -2.05. The van der Waals surface area contributed by atoms with Crippen LogP contribution in [-0.4, -0.2) is 14.9 Å². The first-order valence-corrected chi connectivity index (χ1v) is 5.06. The Bertz CT molecular complexity index is 601. The molecule has 2 aromatic rings. The van der Waals surface area contributed by atoms with E-state index in [1.54, 1.807) is 13.0 Å². The molecule has 7 nitrogen and oxygen atoms in total. The lowest BCUT2D eigenvalue weighted by atomic mass is 10.2. The molecule has 0 amide bonds. The molecule has 0 bridgehead atoms. The summed E-state index contributed by atoms with van der Waals surface area (Å²) in [5, 5.41) is 10.7. The van der Waals surface area contributed by atoms with Crippen LogP contribution >= 0.6 is 0 Å². The largest absolute Gasteiger partial charge is 0.437 e. The topological polar surface area (TPSA) is 104 Å². The van der Waals surface area contributed by atoms with E-state index in [9.17, 15) is 10.1 Å². The molecule has 0 aliphatic heterocycles. The molecule has 0 saturated heterocycles. The molecular weight excluding hydrogens is 236 g/mol. The van der Waals surface area contributed by atoms with Crippen molar-refractivity contribution in [3.05, 3.63) is 46.3 Å². The van der Waals surface area contributed by atoms with Gasteiger partial charge in [0, 0.05) is 11.6 Å². The van der Waals surface area contributed by atoms with Crippen molar-refractivity contribution in [3.63, 3.8) is 0 Å². The van der Waals surface area contributed by atoms with Gasteiger partial charge < -0.3 is 10.5 Å². The normalized spacial score (nSPS) is 10.1. The van der Waals surface area contributed by atoms with Gasteiger partial charge in [-0.3, -0.25) is 15.1 Å². The number of hydrogen-bond acceptors (Lipinski definition) is 6. The van der Waals surface area contributed by atoms with E-state index in [4.69, 9.17) is 10.5 Å². The van der Waals surface area contributed by atoms with Crippen LogP contribution in [0.25, 0.3) is 0 Å². The highest BCUT2D eigenvalue weighted by Crippen LogP contribution is 2.26. The first kappa shape index (κ1) is 11.8. The molecule has 1 aromatic carbocycles. The Morgan fingerprint density at radius 1 is 1.39 bits per heavy atom. The number of anilines is 1. The fourth-order valence-electron chi connectivity index (χ4n) is 1.43. The Labute approximate surface area is 102 Å². The number of nitrogens with zero attached hydrogens (tertiary/aromatic N) is 3. The molecule has 0 atom stereocenters. The number of aromatic nitrogens is 2. The van der Waals surface area contributed by atoms with E-state index in [1.165, 1.54) is 24.5 Å². The number of nitro benzene ring substituents is 1. The molecule has 18 heavy (non-hydrogen) atoms. The summed E-state index contributed by atoms with van der Waals surface area (Å²) >= 11 is 0. The maximum Gasteiger partial charge on any atom is 0.272 e. The zero-order valence-electron chi connectivity index (χ0n) is 9.53. The first-order chi connectivity index (χ1) is 8.56. The van der Waals surface area contributed by atoms with Crippen molar-refractivity contribution in [3.8, 4) is 11.6 Å². The quantitative estimate of drug-likeness (QED) is 0.656. The van der Waals surface area contributed by atoms with Gasteiger partial charge in [-0.25, -0.2) is 0 Å². The van der Waals surface area contributed by atoms with Gasteiger partial charge in [-0.05, 0) is 19.1 Å². The Morgan fingerprint density at radius 3 is 2.78 bits per heavy atom. The van der Waals surface area contributed by atoms with Crippen LogP contribution in [0.15, 0.2) is 30.6 Å². The molecule has 0 radical (unpaired) electrons. The van der Waals surface area contributed by atoms with Crippen LogP contribution in [0.4, 0.5) is 11.5 Å². The van der Waals surface area contributed by atoms with Crippen LogP contribution in [0.2, 0.25) is 0 Å². The summed E-state index contributed by atoms with van der Waals surface area (Å²) < 4.78 is 5.40. The highest BCUT2D eigenvalue weighted by Gasteiger charge is 2.11. The number of rotatable bonds is 3. The molecule has 0 aliphatic rings. The second-order valence-electron chi connectivity index (χ2n) is 3.59. The lowest BCUT2D eigenvalue weighted by Crippen LogP contribution is -1.96. The van der Waals surface area contributed by atoms with E-state index < -0.39 is 4.92 Å². The standard InChI is InChI=1S/C11H10N4O3/c1-7-4-8(2-3-9(7)15(16)17)18-11-6-13-5-10(12)14-11/h2-6H,1H3,(H2,12,14). The maximum atomic E-state index is 10.7. The number of aryl methyl sites for hydroxylation is 1. The van der Waals surface area contributed by atoms with Crippen molar-refractivity contribution in [1.82, 2.24) is 9.97 Å². The fraction of sp³-hybridized carbons (Fsp3) is 0.0909. The van der Waals surface area contributed by atoms with Gasteiger partial charge in [-0.2, -0.15) is 4.98 Å². The van der Waals surface area contributed by atoms with E-state index in [2.05, 4.69) is 9.97 Å². The van der Waals surface area contributed by atoms with Crippen molar-refractivity contribution in [2.75, 3.05) is 5.73 Å². The molecule has 1 aromatic heterocycles. The number of nitrogens with two attached hydrogens (primary N) is 1. The predicted octanol–water partition coefficient (Wildman–Crippen LogP) is 2.07. The van der Waals surface area contributed by atoms with Gasteiger partial charge in [-0.1, -0.05) is 0 Å². The zero-order valence-corrected chi connectivity index (χ0v) is 9.53. The van der Waals surface area contributed by atoms with Gasteiger partial charge in [0.25, 0.3) is 5.69 Å². The van der Waals surface area contributed by atoms with Gasteiger partial charge in [0.1, 0.15) is 11.6 Å². The summed E-state index contributed by atoms with van der Waals surface area (Å²) in [6.45, 7) is 1.63. The van der Waals surface area contributed by atoms with E-state index >= 15 is 0 Å². The third-order valence-electron chi connectivity index (χ3n) is 2.22. The van der Waals surface area contributed by atoms with Gasteiger partial charge >= 0.3 is 0 Å². The molecule has 1 heterocycles. The molecule has 0 spiro atoms. The van der Waals surface area contributed by atoms with E-state index in [1.807, 2.05) is 0 Å². The Balaban J connectivity index is 2.25. The fourth-order valence-corrected chi connectivity index (χ4v) is 1.43. The zero-order chi connectivity index (χ0) is 13.1. The van der Waals surface area contributed by atoms with Gasteiger partial charge in [0.15, 0.2) is 0 Å². The highest BCUT2D eigenvalue weighted by molar-refractivity contribution is 5.45. The van der Waals surface area contributed by atoms with E-state index in [-0.39, 0.29) is 17.4 Å². The number of ether oxygens (including phenoxy) is 1. The second-order valence-corrected chi connectivity index (χ2v) is 3.59. The minimum atomic E-state index is -0.445. The van der Waals surface area contributed by atoms with Crippen LogP contribution in [0.5, 0.6) is 11.6 Å². The van der Waals surface area contributed by atoms with Crippen LogP contribution in [0.3, 0.4) is 0 Å². The van der Waals surface area contributed by atoms with Gasteiger partial charge in [-0.15, -0.1) is 0 Å². The van der Waals surface area contributed by atoms with E-state index in [0.717, 1.165) is 0 Å². The molecule has 0 fully saturated rings. The van der Waals surface area contributed by atoms with Gasteiger partial charge in [0.05, 0.1) is 17.3 Å².